The molecule has 57 heavy (non-hydrogen) atoms. The van der Waals surface area contributed by atoms with Crippen LogP contribution in [0.25, 0.3) is 66.4 Å². The third-order valence-corrected chi connectivity index (χ3v) is 11.2. The molecule has 0 amide bonds. The lowest BCUT2D eigenvalue weighted by Gasteiger charge is -2.27. The van der Waals surface area contributed by atoms with E-state index in [9.17, 15) is 0 Å². The molecule has 0 bridgehead atoms. The number of hydrogen-bond acceptors (Lipinski definition) is 3. The average Bonchev–Trinajstić information content (AvgIpc) is 3.60. The minimum Gasteiger partial charge on any atom is -0.456 e. The van der Waals surface area contributed by atoms with E-state index in [4.69, 9.17) is 4.42 Å². The van der Waals surface area contributed by atoms with Crippen molar-refractivity contribution in [2.24, 2.45) is 0 Å². The zero-order chi connectivity index (χ0) is 37.7. The van der Waals surface area contributed by atoms with Gasteiger partial charge in [0.25, 0.3) is 0 Å². The third-order valence-electron chi connectivity index (χ3n) is 11.2. The van der Waals surface area contributed by atoms with E-state index in [1.165, 1.54) is 39.1 Å². The van der Waals surface area contributed by atoms with Gasteiger partial charge in [-0.15, -0.1) is 0 Å². The zero-order valence-electron chi connectivity index (χ0n) is 31.1. The van der Waals surface area contributed by atoms with E-state index in [2.05, 4.69) is 216 Å². The van der Waals surface area contributed by atoms with Crippen LogP contribution in [0.5, 0.6) is 0 Å². The number of rotatable bonds is 6. The highest BCUT2D eigenvalue weighted by Crippen LogP contribution is 2.51. The molecular formula is C54H36N2O. The summed E-state index contributed by atoms with van der Waals surface area (Å²) in [5.74, 6) is 0. The summed E-state index contributed by atoms with van der Waals surface area (Å²) in [6.45, 7) is 0. The third kappa shape index (κ3) is 5.68. The van der Waals surface area contributed by atoms with Crippen LogP contribution >= 0.6 is 0 Å². The lowest BCUT2D eigenvalue weighted by atomic mass is 9.92. The second-order valence-corrected chi connectivity index (χ2v) is 14.5. The fraction of sp³-hybridized carbons (Fsp3) is 0. The Bertz CT molecular complexity index is 3060. The molecule has 1 aliphatic heterocycles. The van der Waals surface area contributed by atoms with Crippen LogP contribution in [-0.2, 0) is 0 Å². The van der Waals surface area contributed by atoms with Gasteiger partial charge in [-0.1, -0.05) is 140 Å². The van der Waals surface area contributed by atoms with Gasteiger partial charge >= 0.3 is 0 Å². The van der Waals surface area contributed by atoms with Gasteiger partial charge in [0.15, 0.2) is 0 Å². The van der Waals surface area contributed by atoms with Crippen molar-refractivity contribution in [3.05, 3.63) is 218 Å². The normalized spacial score (nSPS) is 11.8. The van der Waals surface area contributed by atoms with E-state index < -0.39 is 0 Å². The Hall–Kier alpha value is -7.62. The van der Waals surface area contributed by atoms with Crippen LogP contribution in [0.1, 0.15) is 0 Å². The molecule has 2 heterocycles. The number of hydrogen-bond donors (Lipinski definition) is 0. The lowest BCUT2D eigenvalue weighted by molar-refractivity contribution is 0.669. The van der Waals surface area contributed by atoms with Gasteiger partial charge in [-0.2, -0.15) is 0 Å². The fourth-order valence-electron chi connectivity index (χ4n) is 8.50. The van der Waals surface area contributed by atoms with E-state index in [-0.39, 0.29) is 0 Å². The van der Waals surface area contributed by atoms with Crippen molar-refractivity contribution >= 4 is 56.1 Å². The summed E-state index contributed by atoms with van der Waals surface area (Å²) in [6, 6.07) is 78.2. The monoisotopic (exact) mass is 728 g/mol. The first kappa shape index (κ1) is 32.8. The topological polar surface area (TPSA) is 19.6 Å². The average molecular weight is 729 g/mol. The Morgan fingerprint density at radius 3 is 1.56 bits per heavy atom. The first-order valence-corrected chi connectivity index (χ1v) is 19.4. The van der Waals surface area contributed by atoms with Gasteiger partial charge in [-0.05, 0) is 106 Å². The number of para-hydroxylation sites is 3. The summed E-state index contributed by atoms with van der Waals surface area (Å²) in [6.07, 6.45) is 0. The first-order valence-electron chi connectivity index (χ1n) is 19.4. The van der Waals surface area contributed by atoms with Crippen LogP contribution in [0, 0.1) is 0 Å². The number of furan rings is 1. The van der Waals surface area contributed by atoms with E-state index >= 15 is 0 Å². The molecule has 0 saturated heterocycles. The van der Waals surface area contributed by atoms with E-state index in [1.807, 2.05) is 12.1 Å². The summed E-state index contributed by atoms with van der Waals surface area (Å²) in [4.78, 5) is 4.71. The van der Waals surface area contributed by atoms with E-state index in [0.717, 1.165) is 61.5 Å². The highest BCUT2D eigenvalue weighted by molar-refractivity contribution is 6.06. The second-order valence-electron chi connectivity index (χ2n) is 14.5. The fourth-order valence-corrected chi connectivity index (χ4v) is 8.50. The summed E-state index contributed by atoms with van der Waals surface area (Å²) >= 11 is 0. The van der Waals surface area contributed by atoms with Crippen molar-refractivity contribution in [3.8, 4) is 44.5 Å². The minimum absolute atomic E-state index is 0.869. The highest BCUT2D eigenvalue weighted by Gasteiger charge is 2.26. The molecule has 0 aliphatic carbocycles. The Labute approximate surface area is 332 Å². The Morgan fingerprint density at radius 1 is 0.316 bits per heavy atom. The second kappa shape index (κ2) is 13.6. The van der Waals surface area contributed by atoms with Crippen LogP contribution < -0.4 is 9.80 Å². The van der Waals surface area contributed by atoms with Crippen molar-refractivity contribution in [2.45, 2.75) is 0 Å². The molecule has 0 spiro atoms. The highest BCUT2D eigenvalue weighted by atomic mass is 16.3. The number of anilines is 6. The van der Waals surface area contributed by atoms with Crippen molar-refractivity contribution in [1.29, 1.82) is 0 Å². The molecule has 268 valence electrons. The van der Waals surface area contributed by atoms with Gasteiger partial charge in [-0.25, -0.2) is 0 Å². The number of benzene rings is 9. The maximum atomic E-state index is 6.37. The van der Waals surface area contributed by atoms with Crippen molar-refractivity contribution in [1.82, 2.24) is 0 Å². The van der Waals surface area contributed by atoms with E-state index in [0.29, 0.717) is 0 Å². The van der Waals surface area contributed by atoms with Crippen molar-refractivity contribution < 1.29 is 4.42 Å². The van der Waals surface area contributed by atoms with E-state index in [1.54, 1.807) is 0 Å². The summed E-state index contributed by atoms with van der Waals surface area (Å²) < 4.78 is 6.37. The van der Waals surface area contributed by atoms with Gasteiger partial charge in [0.05, 0.1) is 11.4 Å². The van der Waals surface area contributed by atoms with Crippen molar-refractivity contribution in [3.63, 3.8) is 0 Å². The van der Waals surface area contributed by atoms with Gasteiger partial charge < -0.3 is 14.2 Å². The van der Waals surface area contributed by atoms with Gasteiger partial charge in [-0.3, -0.25) is 0 Å². The number of nitrogens with zero attached hydrogens (tertiary/aromatic N) is 2. The molecule has 1 aromatic heterocycles. The summed E-state index contributed by atoms with van der Waals surface area (Å²) in [5, 5.41) is 2.24. The quantitative estimate of drug-likeness (QED) is 0.170. The predicted molar refractivity (Wildman–Crippen MR) is 238 cm³/mol. The van der Waals surface area contributed by atoms with Crippen molar-refractivity contribution in [2.75, 3.05) is 9.80 Å². The molecule has 11 rings (SSSR count). The predicted octanol–water partition coefficient (Wildman–Crippen LogP) is 15.5. The molecule has 9 aromatic carbocycles. The molecule has 0 radical (unpaired) electrons. The molecule has 0 unspecified atom stereocenters. The molecule has 0 N–H and O–H groups in total. The zero-order valence-corrected chi connectivity index (χ0v) is 31.1. The molecule has 0 fully saturated rings. The maximum Gasteiger partial charge on any atom is 0.137 e. The Morgan fingerprint density at radius 2 is 0.825 bits per heavy atom. The van der Waals surface area contributed by atoms with Crippen LogP contribution in [0.15, 0.2) is 223 Å². The Balaban J connectivity index is 1.02. The molecule has 10 aromatic rings. The number of fused-ring (bicyclic) bond motifs is 8. The standard InChI is InChI=1S/C54H36N2O/c1-3-13-37(14-4-1)38-23-28-42(29-24-38)55(44-32-33-49-48-20-10-12-22-53(48)57-54(49)36-44)43-30-25-39(26-31-43)40-27-34-52-50(35-40)46-18-8-7-17-45(46)47-19-9-11-21-51(47)56(52)41-15-5-2-6-16-41/h1-36H. The SMILES string of the molecule is c1ccc(-c2ccc(N(c3ccc(-c4ccc5c(c4)-c4ccccc4-c4ccccc4N5c4ccccc4)cc3)c3ccc4c(c3)oc3ccccc34)cc2)cc1. The smallest absolute Gasteiger partial charge is 0.137 e. The molecule has 3 nitrogen and oxygen atoms in total. The first-order chi connectivity index (χ1) is 28.3. The van der Waals surface area contributed by atoms with Crippen LogP contribution in [0.3, 0.4) is 0 Å². The molecule has 3 heteroatoms. The van der Waals surface area contributed by atoms with Crippen LogP contribution in [0.4, 0.5) is 34.1 Å². The minimum atomic E-state index is 0.869. The van der Waals surface area contributed by atoms with Crippen LogP contribution in [-0.4, -0.2) is 0 Å². The molecule has 1 aliphatic rings. The van der Waals surface area contributed by atoms with Gasteiger partial charge in [0.1, 0.15) is 11.2 Å². The van der Waals surface area contributed by atoms with Gasteiger partial charge in [0, 0.05) is 50.7 Å². The van der Waals surface area contributed by atoms with Crippen LogP contribution in [0.2, 0.25) is 0 Å². The largest absolute Gasteiger partial charge is 0.456 e. The van der Waals surface area contributed by atoms with Gasteiger partial charge in [0.2, 0.25) is 0 Å². The molecular weight excluding hydrogens is 693 g/mol. The summed E-state index contributed by atoms with van der Waals surface area (Å²) in [5.41, 5.74) is 18.0. The molecule has 0 saturated carbocycles. The summed E-state index contributed by atoms with van der Waals surface area (Å²) in [7, 11) is 0. The lowest BCUT2D eigenvalue weighted by Crippen LogP contribution is -2.10. The molecule has 0 atom stereocenters. The maximum absolute atomic E-state index is 6.37. The Kier molecular flexibility index (Phi) is 7.82.